The molecule has 0 saturated heterocycles. The van der Waals surface area contributed by atoms with E-state index in [9.17, 15) is 14.7 Å². The second-order valence-corrected chi connectivity index (χ2v) is 8.27. The van der Waals surface area contributed by atoms with Crippen LogP contribution in [0.15, 0.2) is 48.5 Å². The minimum Gasteiger partial charge on any atom is -0.497 e. The third-order valence-corrected chi connectivity index (χ3v) is 5.83. The van der Waals surface area contributed by atoms with Crippen molar-refractivity contribution in [3.63, 3.8) is 0 Å². The van der Waals surface area contributed by atoms with Gasteiger partial charge in [0.05, 0.1) is 13.7 Å². The molecule has 8 nitrogen and oxygen atoms in total. The molecule has 3 rings (SSSR count). The van der Waals surface area contributed by atoms with Crippen LogP contribution in [0.2, 0.25) is 0 Å². The Hall–Kier alpha value is -3.26. The third kappa shape index (κ3) is 7.66. The van der Waals surface area contributed by atoms with Gasteiger partial charge in [0.15, 0.2) is 6.10 Å². The number of carboxylic acid groups (broad SMARTS) is 1. The number of rotatable bonds is 13. The standard InChI is InChI=1S/C26H33NO7/c1-3-32-24(25(28)29)16-19-10-12-21(13-11-19)33-15-14-27(18-20-6-4-7-20)26(30)34-23-9-5-8-22(17-23)31-2/h5,8-13,17,20,24H,3-4,6-7,14-16,18H2,1-2H3,(H,28,29). The Bertz CT molecular complexity index is 927. The molecule has 0 aliphatic heterocycles. The number of nitrogens with zero attached hydrogens (tertiary/aromatic N) is 1. The van der Waals surface area contributed by atoms with Crippen molar-refractivity contribution in [1.82, 2.24) is 4.90 Å². The van der Waals surface area contributed by atoms with E-state index in [4.69, 9.17) is 18.9 Å². The van der Waals surface area contributed by atoms with E-state index in [1.165, 1.54) is 6.42 Å². The molecule has 0 spiro atoms. The Morgan fingerprint density at radius 1 is 1.09 bits per heavy atom. The number of benzene rings is 2. The Morgan fingerprint density at radius 3 is 2.44 bits per heavy atom. The maximum absolute atomic E-state index is 12.8. The summed E-state index contributed by atoms with van der Waals surface area (Å²) in [5, 5.41) is 9.24. The first kappa shape index (κ1) is 25.4. The van der Waals surface area contributed by atoms with Gasteiger partial charge in [0.1, 0.15) is 23.9 Å². The predicted molar refractivity (Wildman–Crippen MR) is 127 cm³/mol. The van der Waals surface area contributed by atoms with Gasteiger partial charge in [0.2, 0.25) is 0 Å². The minimum absolute atomic E-state index is 0.286. The lowest BCUT2D eigenvalue weighted by Crippen LogP contribution is -2.41. The number of aliphatic carboxylic acids is 1. The van der Waals surface area contributed by atoms with E-state index >= 15 is 0 Å². The average molecular weight is 472 g/mol. The molecule has 0 heterocycles. The van der Waals surface area contributed by atoms with Gasteiger partial charge in [0, 0.05) is 25.6 Å². The molecular formula is C26H33NO7. The smallest absolute Gasteiger partial charge is 0.415 e. The normalized spacial score (nSPS) is 14.1. The van der Waals surface area contributed by atoms with Crippen molar-refractivity contribution in [3.05, 3.63) is 54.1 Å². The molecular weight excluding hydrogens is 438 g/mol. The molecule has 8 heteroatoms. The summed E-state index contributed by atoms with van der Waals surface area (Å²) in [6.45, 7) is 3.46. The first-order chi connectivity index (χ1) is 16.5. The fraction of sp³-hybridized carbons (Fsp3) is 0.462. The van der Waals surface area contributed by atoms with Gasteiger partial charge in [-0.2, -0.15) is 0 Å². The molecule has 1 fully saturated rings. The van der Waals surface area contributed by atoms with E-state index in [0.717, 1.165) is 18.4 Å². The second-order valence-electron chi connectivity index (χ2n) is 8.27. The zero-order chi connectivity index (χ0) is 24.3. The van der Waals surface area contributed by atoms with Crippen LogP contribution in [0, 0.1) is 5.92 Å². The summed E-state index contributed by atoms with van der Waals surface area (Å²) in [6.07, 6.45) is 2.43. The van der Waals surface area contributed by atoms with Crippen molar-refractivity contribution in [3.8, 4) is 17.2 Å². The first-order valence-electron chi connectivity index (χ1n) is 11.7. The van der Waals surface area contributed by atoms with Gasteiger partial charge < -0.3 is 29.0 Å². The summed E-state index contributed by atoms with van der Waals surface area (Å²) in [4.78, 5) is 25.8. The molecule has 2 aromatic rings. The lowest BCUT2D eigenvalue weighted by Gasteiger charge is -2.31. The molecule has 1 unspecified atom stereocenters. The van der Waals surface area contributed by atoms with Crippen molar-refractivity contribution >= 4 is 12.1 Å². The van der Waals surface area contributed by atoms with E-state index in [1.807, 2.05) is 12.1 Å². The molecule has 1 atom stereocenters. The van der Waals surface area contributed by atoms with Gasteiger partial charge in [-0.1, -0.05) is 24.6 Å². The van der Waals surface area contributed by atoms with Crippen molar-refractivity contribution in [1.29, 1.82) is 0 Å². The van der Waals surface area contributed by atoms with Crippen LogP contribution in [-0.2, 0) is 16.0 Å². The van der Waals surface area contributed by atoms with Crippen LogP contribution >= 0.6 is 0 Å². The molecule has 1 N–H and O–H groups in total. The first-order valence-corrected chi connectivity index (χ1v) is 11.7. The highest BCUT2D eigenvalue weighted by atomic mass is 16.6. The zero-order valence-corrected chi connectivity index (χ0v) is 19.8. The molecule has 2 aromatic carbocycles. The Morgan fingerprint density at radius 2 is 1.82 bits per heavy atom. The van der Waals surface area contributed by atoms with Crippen LogP contribution in [0.5, 0.6) is 17.2 Å². The summed E-state index contributed by atoms with van der Waals surface area (Å²) in [5.41, 5.74) is 0.849. The van der Waals surface area contributed by atoms with Crippen molar-refractivity contribution in [2.75, 3.05) is 33.4 Å². The lowest BCUT2D eigenvalue weighted by atomic mass is 9.85. The van der Waals surface area contributed by atoms with Crippen LogP contribution in [0.4, 0.5) is 4.79 Å². The number of carbonyl (C=O) groups excluding carboxylic acids is 1. The number of amides is 1. The highest BCUT2D eigenvalue weighted by Crippen LogP contribution is 2.28. The van der Waals surface area contributed by atoms with E-state index in [0.29, 0.717) is 49.5 Å². The number of methoxy groups -OCH3 is 1. The van der Waals surface area contributed by atoms with Gasteiger partial charge in [0.25, 0.3) is 0 Å². The van der Waals surface area contributed by atoms with Crippen LogP contribution < -0.4 is 14.2 Å². The van der Waals surface area contributed by atoms with Gasteiger partial charge in [-0.05, 0) is 55.5 Å². The number of carboxylic acids is 1. The van der Waals surface area contributed by atoms with Crippen LogP contribution in [0.25, 0.3) is 0 Å². The Balaban J connectivity index is 1.53. The van der Waals surface area contributed by atoms with Crippen LogP contribution in [0.3, 0.4) is 0 Å². The Kier molecular flexibility index (Phi) is 9.58. The largest absolute Gasteiger partial charge is 0.497 e. The minimum atomic E-state index is -0.977. The predicted octanol–water partition coefficient (Wildman–Crippen LogP) is 4.41. The van der Waals surface area contributed by atoms with E-state index in [1.54, 1.807) is 55.3 Å². The lowest BCUT2D eigenvalue weighted by molar-refractivity contribution is -0.149. The summed E-state index contributed by atoms with van der Waals surface area (Å²) in [5.74, 6) is 1.22. The fourth-order valence-corrected chi connectivity index (χ4v) is 3.70. The van der Waals surface area contributed by atoms with E-state index in [2.05, 4.69) is 0 Å². The molecule has 1 aliphatic rings. The summed E-state index contributed by atoms with van der Waals surface area (Å²) in [7, 11) is 1.57. The number of ether oxygens (including phenoxy) is 4. The maximum atomic E-state index is 12.8. The summed E-state index contributed by atoms with van der Waals surface area (Å²) in [6, 6.07) is 14.2. The summed E-state index contributed by atoms with van der Waals surface area (Å²) >= 11 is 0. The van der Waals surface area contributed by atoms with Crippen molar-refractivity contribution < 1.29 is 33.6 Å². The monoisotopic (exact) mass is 471 g/mol. The molecule has 0 radical (unpaired) electrons. The van der Waals surface area contributed by atoms with E-state index < -0.39 is 18.2 Å². The maximum Gasteiger partial charge on any atom is 0.415 e. The summed E-state index contributed by atoms with van der Waals surface area (Å²) < 4.78 is 21.9. The molecule has 1 amide bonds. The molecule has 0 aromatic heterocycles. The number of hydrogen-bond donors (Lipinski definition) is 1. The van der Waals surface area contributed by atoms with Crippen molar-refractivity contribution in [2.24, 2.45) is 5.92 Å². The molecule has 0 bridgehead atoms. The quantitative estimate of drug-likeness (QED) is 0.462. The Labute approximate surface area is 200 Å². The van der Waals surface area contributed by atoms with Gasteiger partial charge >= 0.3 is 12.1 Å². The molecule has 1 aliphatic carbocycles. The molecule has 184 valence electrons. The molecule has 34 heavy (non-hydrogen) atoms. The number of hydrogen-bond acceptors (Lipinski definition) is 6. The van der Waals surface area contributed by atoms with Crippen molar-refractivity contribution in [2.45, 2.75) is 38.7 Å². The van der Waals surface area contributed by atoms with Gasteiger partial charge in [-0.25, -0.2) is 9.59 Å². The third-order valence-electron chi connectivity index (χ3n) is 5.83. The van der Waals surface area contributed by atoms with Crippen LogP contribution in [0.1, 0.15) is 31.7 Å². The SMILES string of the molecule is CCOC(Cc1ccc(OCCN(CC2CCC2)C(=O)Oc2cccc(OC)c2)cc1)C(=O)O. The van der Waals surface area contributed by atoms with Gasteiger partial charge in [-0.3, -0.25) is 0 Å². The highest BCUT2D eigenvalue weighted by molar-refractivity contribution is 5.72. The van der Waals surface area contributed by atoms with E-state index in [-0.39, 0.29) is 6.42 Å². The average Bonchev–Trinajstić information content (AvgIpc) is 2.80. The highest BCUT2D eigenvalue weighted by Gasteiger charge is 2.25. The number of carbonyl (C=O) groups is 2. The van der Waals surface area contributed by atoms with Crippen LogP contribution in [-0.4, -0.2) is 61.6 Å². The molecule has 1 saturated carbocycles. The topological polar surface area (TPSA) is 94.5 Å². The van der Waals surface area contributed by atoms with Gasteiger partial charge in [-0.15, -0.1) is 0 Å². The zero-order valence-electron chi connectivity index (χ0n) is 19.8. The fourth-order valence-electron chi connectivity index (χ4n) is 3.70. The second kappa shape index (κ2) is 12.8.